The van der Waals surface area contributed by atoms with E-state index >= 15 is 0 Å². The summed E-state index contributed by atoms with van der Waals surface area (Å²) in [6.07, 6.45) is -1.00. The van der Waals surface area contributed by atoms with Gasteiger partial charge in [-0.3, -0.25) is 9.59 Å². The van der Waals surface area contributed by atoms with Crippen LogP contribution in [0.15, 0.2) is 35.1 Å². The Bertz CT molecular complexity index is 842. The van der Waals surface area contributed by atoms with Gasteiger partial charge >= 0.3 is 5.97 Å². The van der Waals surface area contributed by atoms with Gasteiger partial charge in [0.15, 0.2) is 11.8 Å². The Labute approximate surface area is 139 Å². The number of aromatic nitrogens is 2. The van der Waals surface area contributed by atoms with Gasteiger partial charge in [0.25, 0.3) is 11.5 Å². The van der Waals surface area contributed by atoms with Crippen LogP contribution < -0.4 is 10.9 Å². The second-order valence-electron chi connectivity index (χ2n) is 5.54. The van der Waals surface area contributed by atoms with E-state index < -0.39 is 18.0 Å². The summed E-state index contributed by atoms with van der Waals surface area (Å²) < 4.78 is 6.12. The zero-order valence-corrected chi connectivity index (χ0v) is 14.0. The summed E-state index contributed by atoms with van der Waals surface area (Å²) >= 11 is 0. The number of amides is 1. The predicted molar refractivity (Wildman–Crippen MR) is 88.9 cm³/mol. The fourth-order valence-electron chi connectivity index (χ4n) is 2.07. The van der Waals surface area contributed by atoms with Crippen LogP contribution in [0, 0.1) is 13.8 Å². The van der Waals surface area contributed by atoms with Crippen molar-refractivity contribution in [2.45, 2.75) is 26.9 Å². The molecule has 0 aliphatic heterocycles. The largest absolute Gasteiger partial charge is 0.448 e. The Morgan fingerprint density at radius 2 is 1.92 bits per heavy atom. The van der Waals surface area contributed by atoms with Crippen LogP contribution in [0.4, 0.5) is 5.69 Å². The molecule has 0 spiro atoms. The van der Waals surface area contributed by atoms with Crippen molar-refractivity contribution in [2.24, 2.45) is 7.05 Å². The fourth-order valence-corrected chi connectivity index (χ4v) is 2.07. The molecule has 1 N–H and O–H groups in total. The maximum absolute atomic E-state index is 12.2. The van der Waals surface area contributed by atoms with E-state index in [9.17, 15) is 14.4 Å². The average Bonchev–Trinajstić information content (AvgIpc) is 2.52. The van der Waals surface area contributed by atoms with E-state index in [1.807, 2.05) is 26.0 Å². The third-order valence-electron chi connectivity index (χ3n) is 3.46. The first-order valence-electron chi connectivity index (χ1n) is 7.41. The SMILES string of the molecule is Cc1ccc(NC(=O)C(C)OC(=O)c2ccc(=O)n(C)n2)c(C)c1. The van der Waals surface area contributed by atoms with E-state index in [-0.39, 0.29) is 11.3 Å². The van der Waals surface area contributed by atoms with Gasteiger partial charge < -0.3 is 10.1 Å². The van der Waals surface area contributed by atoms with Gasteiger partial charge in [0, 0.05) is 18.8 Å². The van der Waals surface area contributed by atoms with E-state index in [0.29, 0.717) is 5.69 Å². The van der Waals surface area contributed by atoms with Crippen molar-refractivity contribution in [2.75, 3.05) is 5.32 Å². The number of ether oxygens (including phenoxy) is 1. The van der Waals surface area contributed by atoms with Crippen LogP contribution in [0.5, 0.6) is 0 Å². The zero-order chi connectivity index (χ0) is 17.9. The lowest BCUT2D eigenvalue weighted by Crippen LogP contribution is -2.31. The number of hydrogen-bond acceptors (Lipinski definition) is 5. The second-order valence-corrected chi connectivity index (χ2v) is 5.54. The summed E-state index contributed by atoms with van der Waals surface area (Å²) in [5, 5.41) is 6.51. The molecule has 7 heteroatoms. The maximum Gasteiger partial charge on any atom is 0.359 e. The van der Waals surface area contributed by atoms with E-state index in [1.54, 1.807) is 6.07 Å². The van der Waals surface area contributed by atoms with Crippen LogP contribution in [0.2, 0.25) is 0 Å². The summed E-state index contributed by atoms with van der Waals surface area (Å²) in [7, 11) is 1.43. The summed E-state index contributed by atoms with van der Waals surface area (Å²) in [5.41, 5.74) is 2.29. The number of rotatable bonds is 4. The molecular formula is C17H19N3O4. The van der Waals surface area contributed by atoms with Crippen LogP contribution in [0.1, 0.15) is 28.5 Å². The Balaban J connectivity index is 2.04. The monoisotopic (exact) mass is 329 g/mol. The number of nitrogens with zero attached hydrogens (tertiary/aromatic N) is 2. The van der Waals surface area contributed by atoms with Crippen molar-refractivity contribution in [3.05, 3.63) is 57.5 Å². The van der Waals surface area contributed by atoms with Crippen molar-refractivity contribution in [1.29, 1.82) is 0 Å². The molecule has 0 fully saturated rings. The van der Waals surface area contributed by atoms with Crippen LogP contribution >= 0.6 is 0 Å². The third-order valence-corrected chi connectivity index (χ3v) is 3.46. The van der Waals surface area contributed by atoms with Crippen molar-refractivity contribution in [3.8, 4) is 0 Å². The minimum atomic E-state index is -1.00. The lowest BCUT2D eigenvalue weighted by molar-refractivity contribution is -0.123. The molecule has 1 aromatic heterocycles. The van der Waals surface area contributed by atoms with E-state index in [2.05, 4.69) is 10.4 Å². The number of esters is 1. The van der Waals surface area contributed by atoms with Gasteiger partial charge in [-0.1, -0.05) is 17.7 Å². The predicted octanol–water partition coefficient (Wildman–Crippen LogP) is 1.58. The van der Waals surface area contributed by atoms with Crippen LogP contribution in [0.3, 0.4) is 0 Å². The summed E-state index contributed by atoms with van der Waals surface area (Å²) in [6, 6.07) is 8.10. The molecule has 24 heavy (non-hydrogen) atoms. The molecule has 2 rings (SSSR count). The van der Waals surface area contributed by atoms with Gasteiger partial charge in [-0.15, -0.1) is 0 Å². The Kier molecular flexibility index (Phi) is 5.13. The smallest absolute Gasteiger partial charge is 0.359 e. The molecule has 0 saturated heterocycles. The van der Waals surface area contributed by atoms with Gasteiger partial charge in [0.2, 0.25) is 0 Å². The van der Waals surface area contributed by atoms with Gasteiger partial charge in [-0.25, -0.2) is 9.48 Å². The molecule has 0 aliphatic rings. The molecule has 0 radical (unpaired) electrons. The van der Waals surface area contributed by atoms with Crippen LogP contribution in [-0.4, -0.2) is 27.8 Å². The van der Waals surface area contributed by atoms with Crippen molar-refractivity contribution >= 4 is 17.6 Å². The number of anilines is 1. The number of carbonyl (C=O) groups excluding carboxylic acids is 2. The van der Waals surface area contributed by atoms with Gasteiger partial charge in [0.1, 0.15) is 0 Å². The highest BCUT2D eigenvalue weighted by Gasteiger charge is 2.20. The fraction of sp³-hybridized carbons (Fsp3) is 0.294. The number of hydrogen-bond donors (Lipinski definition) is 1. The molecule has 1 atom stereocenters. The highest BCUT2D eigenvalue weighted by atomic mass is 16.5. The first kappa shape index (κ1) is 17.4. The lowest BCUT2D eigenvalue weighted by atomic mass is 10.1. The number of nitrogens with one attached hydrogen (secondary N) is 1. The van der Waals surface area contributed by atoms with Crippen molar-refractivity contribution in [1.82, 2.24) is 9.78 Å². The minimum Gasteiger partial charge on any atom is -0.448 e. The van der Waals surface area contributed by atoms with Crippen molar-refractivity contribution in [3.63, 3.8) is 0 Å². The van der Waals surface area contributed by atoms with Gasteiger partial charge in [-0.05, 0) is 38.5 Å². The average molecular weight is 329 g/mol. The standard InChI is InChI=1S/C17H19N3O4/c1-10-5-6-13(11(2)9-10)18-16(22)12(3)24-17(23)14-7-8-15(21)20(4)19-14/h5-9,12H,1-4H3,(H,18,22). The summed E-state index contributed by atoms with van der Waals surface area (Å²) in [5.74, 6) is -1.21. The lowest BCUT2D eigenvalue weighted by Gasteiger charge is -2.15. The van der Waals surface area contributed by atoms with E-state index in [0.717, 1.165) is 15.8 Å². The number of aryl methyl sites for hydroxylation is 3. The van der Waals surface area contributed by atoms with Gasteiger partial charge in [-0.2, -0.15) is 5.10 Å². The Morgan fingerprint density at radius 1 is 1.21 bits per heavy atom. The molecule has 1 amide bonds. The maximum atomic E-state index is 12.2. The molecule has 0 aliphatic carbocycles. The minimum absolute atomic E-state index is 0.0386. The normalized spacial score (nSPS) is 11.7. The molecule has 0 bridgehead atoms. The molecule has 126 valence electrons. The zero-order valence-electron chi connectivity index (χ0n) is 14.0. The third kappa shape index (κ3) is 4.07. The number of benzene rings is 1. The summed E-state index contributed by atoms with van der Waals surface area (Å²) in [6.45, 7) is 5.32. The van der Waals surface area contributed by atoms with Crippen LogP contribution in [0.25, 0.3) is 0 Å². The van der Waals surface area contributed by atoms with Crippen molar-refractivity contribution < 1.29 is 14.3 Å². The highest BCUT2D eigenvalue weighted by Crippen LogP contribution is 2.16. The molecule has 1 heterocycles. The second kappa shape index (κ2) is 7.08. The first-order valence-corrected chi connectivity index (χ1v) is 7.41. The van der Waals surface area contributed by atoms with E-state index in [4.69, 9.17) is 4.74 Å². The molecule has 7 nitrogen and oxygen atoms in total. The molecule has 1 unspecified atom stereocenters. The van der Waals surface area contributed by atoms with Crippen LogP contribution in [-0.2, 0) is 16.6 Å². The number of carbonyl (C=O) groups is 2. The molecular weight excluding hydrogens is 310 g/mol. The quantitative estimate of drug-likeness (QED) is 0.860. The topological polar surface area (TPSA) is 90.3 Å². The molecule has 2 aromatic rings. The Hall–Kier alpha value is -2.96. The first-order chi connectivity index (χ1) is 11.3. The Morgan fingerprint density at radius 3 is 2.54 bits per heavy atom. The molecule has 0 saturated carbocycles. The highest BCUT2D eigenvalue weighted by molar-refractivity contribution is 5.97. The molecule has 1 aromatic carbocycles. The van der Waals surface area contributed by atoms with Gasteiger partial charge in [0.05, 0.1) is 0 Å². The van der Waals surface area contributed by atoms with E-state index in [1.165, 1.54) is 26.1 Å². The summed E-state index contributed by atoms with van der Waals surface area (Å²) in [4.78, 5) is 35.4.